The summed E-state index contributed by atoms with van der Waals surface area (Å²) in [6.45, 7) is 3.63. The molecule has 2 aliphatic heterocycles. The molecule has 0 aliphatic carbocycles. The molecule has 1 saturated heterocycles. The predicted molar refractivity (Wildman–Crippen MR) is 92.7 cm³/mol. The van der Waals surface area contributed by atoms with Crippen LogP contribution >= 0.6 is 11.8 Å². The van der Waals surface area contributed by atoms with E-state index in [1.807, 2.05) is 19.1 Å². The zero-order valence-electron chi connectivity index (χ0n) is 14.4. The summed E-state index contributed by atoms with van der Waals surface area (Å²) in [5.41, 5.74) is 0. The first-order valence-electron chi connectivity index (χ1n) is 8.74. The van der Waals surface area contributed by atoms with Crippen LogP contribution in [0.25, 0.3) is 0 Å². The summed E-state index contributed by atoms with van der Waals surface area (Å²) >= 11 is 1.41. The zero-order chi connectivity index (χ0) is 18.1. The fourth-order valence-electron chi connectivity index (χ4n) is 3.60. The zero-order valence-corrected chi connectivity index (χ0v) is 15.2. The molecule has 0 saturated carbocycles. The molecule has 0 N–H and O–H groups in total. The first-order valence-corrected chi connectivity index (χ1v) is 9.62. The number of fused-ring (bicyclic) bond motifs is 1. The maximum atomic E-state index is 12.8. The quantitative estimate of drug-likeness (QED) is 0.732. The molecule has 26 heavy (non-hydrogen) atoms. The molecule has 0 aromatic carbocycles. The van der Waals surface area contributed by atoms with Crippen molar-refractivity contribution in [1.29, 1.82) is 0 Å². The molecule has 0 bridgehead atoms. The van der Waals surface area contributed by atoms with Gasteiger partial charge in [-0.2, -0.15) is 9.78 Å². The highest BCUT2D eigenvalue weighted by atomic mass is 32.2. The molecule has 4 rings (SSSR count). The van der Waals surface area contributed by atoms with Crippen LogP contribution in [0.15, 0.2) is 34.3 Å². The van der Waals surface area contributed by atoms with Crippen LogP contribution in [0.3, 0.4) is 0 Å². The summed E-state index contributed by atoms with van der Waals surface area (Å²) in [6.07, 6.45) is 4.44. The molecule has 2 aromatic heterocycles. The van der Waals surface area contributed by atoms with Gasteiger partial charge in [0.2, 0.25) is 0 Å². The Morgan fingerprint density at radius 3 is 2.92 bits per heavy atom. The second-order valence-corrected chi connectivity index (χ2v) is 7.46. The minimum Gasteiger partial charge on any atom is -0.468 e. The number of rotatable bonds is 5. The van der Waals surface area contributed by atoms with E-state index in [0.29, 0.717) is 37.7 Å². The lowest BCUT2D eigenvalue weighted by Gasteiger charge is -2.37. The molecule has 0 spiro atoms. The van der Waals surface area contributed by atoms with Crippen molar-refractivity contribution in [2.75, 3.05) is 19.7 Å². The Hall–Kier alpha value is -2.13. The van der Waals surface area contributed by atoms with Crippen molar-refractivity contribution in [3.05, 3.63) is 30.5 Å². The largest absolute Gasteiger partial charge is 0.468 e. The molecule has 2 aliphatic rings. The van der Waals surface area contributed by atoms with E-state index in [0.717, 1.165) is 5.76 Å². The molecule has 0 amide bonds. The van der Waals surface area contributed by atoms with Gasteiger partial charge in [-0.05, 0) is 45.0 Å². The van der Waals surface area contributed by atoms with Crippen molar-refractivity contribution < 1.29 is 18.7 Å². The van der Waals surface area contributed by atoms with Crippen molar-refractivity contribution >= 4 is 23.6 Å². The minimum absolute atomic E-state index is 0.0764. The molecule has 0 radical (unpaired) electrons. The van der Waals surface area contributed by atoms with Crippen molar-refractivity contribution in [2.45, 2.75) is 36.2 Å². The summed E-state index contributed by atoms with van der Waals surface area (Å²) in [6, 6.07) is 3.51. The molecule has 138 valence electrons. The minimum atomic E-state index is -0.364. The highest BCUT2D eigenvalue weighted by Crippen LogP contribution is 2.41. The number of thioether (sulfide) groups is 1. The van der Waals surface area contributed by atoms with Crippen LogP contribution in [0.1, 0.15) is 36.4 Å². The van der Waals surface area contributed by atoms with E-state index in [9.17, 15) is 9.59 Å². The number of hydrogen-bond donors (Lipinski definition) is 0. The van der Waals surface area contributed by atoms with Gasteiger partial charge in [-0.15, -0.1) is 0 Å². The summed E-state index contributed by atoms with van der Waals surface area (Å²) in [5.74, 6) is 0.456. The highest BCUT2D eigenvalue weighted by molar-refractivity contribution is 8.00. The first-order chi connectivity index (χ1) is 12.7. The number of furan rings is 1. The van der Waals surface area contributed by atoms with Crippen molar-refractivity contribution in [2.24, 2.45) is 5.92 Å². The van der Waals surface area contributed by atoms with Gasteiger partial charge in [0.15, 0.2) is 5.16 Å². The van der Waals surface area contributed by atoms with Gasteiger partial charge in [-0.3, -0.25) is 14.5 Å². The number of likely N-dealkylation sites (tertiary alicyclic amines) is 1. The maximum absolute atomic E-state index is 12.8. The van der Waals surface area contributed by atoms with E-state index < -0.39 is 0 Å². The van der Waals surface area contributed by atoms with Crippen LogP contribution in [-0.2, 0) is 9.53 Å². The third-order valence-corrected chi connectivity index (χ3v) is 6.07. The fourth-order valence-corrected chi connectivity index (χ4v) is 4.81. The first kappa shape index (κ1) is 17.3. The second-order valence-electron chi connectivity index (χ2n) is 6.35. The van der Waals surface area contributed by atoms with Gasteiger partial charge in [-0.1, -0.05) is 11.8 Å². The van der Waals surface area contributed by atoms with Crippen LogP contribution in [0.2, 0.25) is 0 Å². The number of aromatic nitrogens is 3. The lowest BCUT2D eigenvalue weighted by Crippen LogP contribution is -2.44. The lowest BCUT2D eigenvalue weighted by molar-refractivity contribution is -0.149. The second kappa shape index (κ2) is 7.24. The number of nitrogens with zero attached hydrogens (tertiary/aromatic N) is 4. The SMILES string of the molecule is CCOC(=O)C1CCN(C(c2ccco2)C2Sc3ncnn3C2=O)CC1. The number of carbonyl (C=O) groups excluding carboxylic acids is 2. The number of esters is 1. The van der Waals surface area contributed by atoms with Gasteiger partial charge in [0.1, 0.15) is 17.3 Å². The van der Waals surface area contributed by atoms with Gasteiger partial charge in [-0.25, -0.2) is 4.98 Å². The Morgan fingerprint density at radius 2 is 2.27 bits per heavy atom. The average molecular weight is 376 g/mol. The molecular formula is C17H20N4O4S. The number of piperidine rings is 1. The van der Waals surface area contributed by atoms with Crippen molar-refractivity contribution in [3.8, 4) is 0 Å². The third-order valence-electron chi connectivity index (χ3n) is 4.87. The Bertz CT molecular complexity index is 783. The average Bonchev–Trinajstić information content (AvgIpc) is 3.37. The molecule has 9 heteroatoms. The Morgan fingerprint density at radius 1 is 1.46 bits per heavy atom. The van der Waals surface area contributed by atoms with Crippen LogP contribution < -0.4 is 0 Å². The fraction of sp³-hybridized carbons (Fsp3) is 0.529. The van der Waals surface area contributed by atoms with E-state index in [1.165, 1.54) is 22.8 Å². The topological polar surface area (TPSA) is 90.5 Å². The maximum Gasteiger partial charge on any atom is 0.309 e. The third kappa shape index (κ3) is 3.05. The van der Waals surface area contributed by atoms with E-state index in [2.05, 4.69) is 15.0 Å². The van der Waals surface area contributed by atoms with Gasteiger partial charge in [0.05, 0.1) is 24.8 Å². The summed E-state index contributed by atoms with van der Waals surface area (Å²) < 4.78 is 12.2. The van der Waals surface area contributed by atoms with Crippen LogP contribution in [0.4, 0.5) is 0 Å². The number of carbonyl (C=O) groups is 2. The summed E-state index contributed by atoms with van der Waals surface area (Å²) in [4.78, 5) is 31.1. The highest BCUT2D eigenvalue weighted by Gasteiger charge is 2.44. The van der Waals surface area contributed by atoms with Crippen LogP contribution in [0, 0.1) is 5.92 Å². The Balaban J connectivity index is 1.52. The van der Waals surface area contributed by atoms with E-state index in [-0.39, 0.29) is 29.1 Å². The lowest BCUT2D eigenvalue weighted by atomic mass is 9.94. The summed E-state index contributed by atoms with van der Waals surface area (Å²) in [7, 11) is 0. The van der Waals surface area contributed by atoms with Gasteiger partial charge in [0.25, 0.3) is 5.91 Å². The van der Waals surface area contributed by atoms with Gasteiger partial charge in [0, 0.05) is 0 Å². The Kier molecular flexibility index (Phi) is 4.82. The summed E-state index contributed by atoms with van der Waals surface area (Å²) in [5, 5.41) is 4.26. The van der Waals surface area contributed by atoms with Crippen molar-refractivity contribution in [1.82, 2.24) is 19.7 Å². The van der Waals surface area contributed by atoms with E-state index in [4.69, 9.17) is 9.15 Å². The smallest absolute Gasteiger partial charge is 0.309 e. The van der Waals surface area contributed by atoms with E-state index >= 15 is 0 Å². The number of ether oxygens (including phenoxy) is 1. The van der Waals surface area contributed by atoms with Gasteiger partial charge >= 0.3 is 5.97 Å². The standard InChI is InChI=1S/C17H20N4O4S/c1-2-24-16(23)11-5-7-20(8-6-11)13(12-4-3-9-25-12)14-15(22)21-17(26-14)18-10-19-21/h3-4,9-11,13-14H,2,5-8H2,1H3. The normalized spacial score (nSPS) is 22.3. The van der Waals surface area contributed by atoms with E-state index in [1.54, 1.807) is 6.26 Å². The number of hydrogen-bond acceptors (Lipinski definition) is 8. The molecule has 2 aromatic rings. The van der Waals surface area contributed by atoms with Crippen LogP contribution in [-0.4, -0.2) is 56.5 Å². The molecular weight excluding hydrogens is 356 g/mol. The molecule has 4 heterocycles. The Labute approximate surface area is 154 Å². The molecule has 2 atom stereocenters. The van der Waals surface area contributed by atoms with Gasteiger partial charge < -0.3 is 9.15 Å². The molecule has 1 fully saturated rings. The predicted octanol–water partition coefficient (Wildman–Crippen LogP) is 2.00. The molecule has 2 unspecified atom stereocenters. The van der Waals surface area contributed by atoms with Crippen molar-refractivity contribution in [3.63, 3.8) is 0 Å². The monoisotopic (exact) mass is 376 g/mol. The van der Waals surface area contributed by atoms with Crippen LogP contribution in [0.5, 0.6) is 0 Å². The molecule has 8 nitrogen and oxygen atoms in total.